The minimum absolute atomic E-state index is 0.00872. The van der Waals surface area contributed by atoms with Gasteiger partial charge in [0.1, 0.15) is 6.10 Å². The van der Waals surface area contributed by atoms with Gasteiger partial charge in [-0.3, -0.25) is 4.90 Å². The van der Waals surface area contributed by atoms with Crippen LogP contribution in [0.4, 0.5) is 0 Å². The Hall–Kier alpha value is -1.34. The molecule has 146 valence electrons. The molecule has 6 heteroatoms. The number of ether oxygens (including phenoxy) is 1. The molecule has 1 spiro atoms. The molecule has 1 saturated heterocycles. The van der Waals surface area contributed by atoms with Crippen LogP contribution in [0.2, 0.25) is 0 Å². The van der Waals surface area contributed by atoms with Crippen LogP contribution < -0.4 is 4.74 Å². The fourth-order valence-electron chi connectivity index (χ4n) is 7.00. The normalized spacial score (nSPS) is 47.1. The quantitative estimate of drug-likeness (QED) is 0.609. The van der Waals surface area contributed by atoms with E-state index in [-0.39, 0.29) is 17.9 Å². The molecule has 6 rings (SSSR count). The van der Waals surface area contributed by atoms with Crippen LogP contribution in [0.25, 0.3) is 0 Å². The van der Waals surface area contributed by atoms with Crippen molar-refractivity contribution in [1.82, 2.24) is 4.90 Å². The Kier molecular flexibility index (Phi) is 3.18. The number of aromatic hydroxyl groups is 1. The minimum atomic E-state index is -0.955. The average Bonchev–Trinajstić information content (AvgIpc) is 2.97. The Labute approximate surface area is 158 Å². The number of nitrogens with zero attached hydrogens (tertiary/aromatic N) is 1. The Balaban J connectivity index is 1.47. The number of aliphatic hydroxyl groups is 3. The van der Waals surface area contributed by atoms with E-state index in [4.69, 9.17) is 4.74 Å². The molecule has 5 aliphatic rings. The van der Waals surface area contributed by atoms with Crippen molar-refractivity contribution in [1.29, 1.82) is 0 Å². The minimum Gasteiger partial charge on any atom is -0.504 e. The molecule has 27 heavy (non-hydrogen) atoms. The number of likely N-dealkylation sites (tertiary alicyclic amines) is 1. The molecule has 3 fully saturated rings. The van der Waals surface area contributed by atoms with Crippen molar-refractivity contribution in [2.75, 3.05) is 13.1 Å². The summed E-state index contributed by atoms with van der Waals surface area (Å²) in [6.45, 7) is 1.76. The molecular formula is C21H27NO5. The number of aliphatic hydroxyl groups excluding tert-OH is 2. The Morgan fingerprint density at radius 3 is 2.78 bits per heavy atom. The lowest BCUT2D eigenvalue weighted by Gasteiger charge is -2.64. The summed E-state index contributed by atoms with van der Waals surface area (Å²) in [5.74, 6) is 1.08. The summed E-state index contributed by atoms with van der Waals surface area (Å²) < 4.78 is 6.14. The summed E-state index contributed by atoms with van der Waals surface area (Å²) in [7, 11) is 0. The number of piperidine rings is 1. The summed E-state index contributed by atoms with van der Waals surface area (Å²) >= 11 is 0. The van der Waals surface area contributed by atoms with Gasteiger partial charge in [-0.1, -0.05) is 6.07 Å². The molecule has 0 unspecified atom stereocenters. The van der Waals surface area contributed by atoms with E-state index in [2.05, 4.69) is 4.90 Å². The van der Waals surface area contributed by atoms with Crippen molar-refractivity contribution in [3.63, 3.8) is 0 Å². The van der Waals surface area contributed by atoms with Crippen LogP contribution in [0.15, 0.2) is 12.1 Å². The molecule has 5 atom stereocenters. The first-order chi connectivity index (χ1) is 12.9. The molecule has 3 aliphatic carbocycles. The molecule has 2 saturated carbocycles. The van der Waals surface area contributed by atoms with Crippen molar-refractivity contribution >= 4 is 0 Å². The highest BCUT2D eigenvalue weighted by Gasteiger charge is 2.72. The van der Waals surface area contributed by atoms with Crippen LogP contribution in [0.3, 0.4) is 0 Å². The van der Waals surface area contributed by atoms with Crippen molar-refractivity contribution in [3.05, 3.63) is 23.3 Å². The van der Waals surface area contributed by atoms with E-state index in [0.29, 0.717) is 24.5 Å². The van der Waals surface area contributed by atoms with Crippen molar-refractivity contribution in [2.24, 2.45) is 5.92 Å². The van der Waals surface area contributed by atoms with Gasteiger partial charge >= 0.3 is 0 Å². The zero-order valence-electron chi connectivity index (χ0n) is 15.3. The second-order valence-corrected chi connectivity index (χ2v) is 9.44. The maximum atomic E-state index is 12.1. The van der Waals surface area contributed by atoms with E-state index in [1.54, 1.807) is 6.07 Å². The SMILES string of the molecule is Oc1ccc2c3c1O[C@H]1[C@@H](O)CC[C@@]4(O)[C@@H](C2)N(CC2CC(O)C2)CC[C@]314. The first-order valence-electron chi connectivity index (χ1n) is 10.3. The molecule has 4 N–H and O–H groups in total. The number of benzene rings is 1. The third-order valence-electron chi connectivity index (χ3n) is 8.25. The van der Waals surface area contributed by atoms with Crippen molar-refractivity contribution in [3.8, 4) is 11.5 Å². The predicted molar refractivity (Wildman–Crippen MR) is 96.8 cm³/mol. The van der Waals surface area contributed by atoms with Gasteiger partial charge in [0.15, 0.2) is 11.5 Å². The number of hydrogen-bond donors (Lipinski definition) is 4. The van der Waals surface area contributed by atoms with E-state index in [9.17, 15) is 20.4 Å². The zero-order valence-corrected chi connectivity index (χ0v) is 15.3. The Morgan fingerprint density at radius 2 is 2.00 bits per heavy atom. The van der Waals surface area contributed by atoms with Crippen molar-refractivity contribution < 1.29 is 25.2 Å². The lowest BCUT2D eigenvalue weighted by molar-refractivity contribution is -0.210. The largest absolute Gasteiger partial charge is 0.504 e. The third kappa shape index (κ3) is 1.85. The van der Waals surface area contributed by atoms with Gasteiger partial charge in [-0.05, 0) is 62.6 Å². The lowest BCUT2D eigenvalue weighted by atomic mass is 9.48. The van der Waals surface area contributed by atoms with Crippen LogP contribution in [0.5, 0.6) is 11.5 Å². The number of phenolic OH excluding ortho intramolecular Hbond substituents is 1. The van der Waals surface area contributed by atoms with Gasteiger partial charge in [0.05, 0.1) is 23.2 Å². The van der Waals surface area contributed by atoms with Gasteiger partial charge in [0, 0.05) is 18.2 Å². The summed E-state index contributed by atoms with van der Waals surface area (Å²) in [4.78, 5) is 2.42. The molecule has 2 aliphatic heterocycles. The average molecular weight is 373 g/mol. The highest BCUT2D eigenvalue weighted by Crippen LogP contribution is 2.65. The number of rotatable bonds is 2. The monoisotopic (exact) mass is 373 g/mol. The van der Waals surface area contributed by atoms with Crippen LogP contribution in [0, 0.1) is 5.92 Å². The maximum Gasteiger partial charge on any atom is 0.165 e. The topological polar surface area (TPSA) is 93.4 Å². The first-order valence-corrected chi connectivity index (χ1v) is 10.3. The highest BCUT2D eigenvalue weighted by molar-refractivity contribution is 5.62. The van der Waals surface area contributed by atoms with Crippen LogP contribution >= 0.6 is 0 Å². The second-order valence-electron chi connectivity index (χ2n) is 9.44. The van der Waals surface area contributed by atoms with Crippen LogP contribution in [-0.4, -0.2) is 68.4 Å². The fourth-order valence-corrected chi connectivity index (χ4v) is 7.00. The van der Waals surface area contributed by atoms with E-state index in [1.807, 2.05) is 6.07 Å². The summed E-state index contributed by atoms with van der Waals surface area (Å²) in [5.41, 5.74) is 0.493. The molecule has 1 aromatic rings. The summed E-state index contributed by atoms with van der Waals surface area (Å²) in [6.07, 6.45) is 2.95. The predicted octanol–water partition coefficient (Wildman–Crippen LogP) is 0.678. The highest BCUT2D eigenvalue weighted by atomic mass is 16.5. The van der Waals surface area contributed by atoms with Crippen molar-refractivity contribution in [2.45, 2.75) is 73.9 Å². The van der Waals surface area contributed by atoms with Gasteiger partial charge in [-0.15, -0.1) is 0 Å². The zero-order chi connectivity index (χ0) is 18.6. The molecule has 6 nitrogen and oxygen atoms in total. The van der Waals surface area contributed by atoms with Gasteiger partial charge in [0.2, 0.25) is 0 Å². The van der Waals surface area contributed by atoms with E-state index in [1.165, 1.54) is 0 Å². The number of hydrogen-bond acceptors (Lipinski definition) is 6. The molecule has 0 amide bonds. The maximum absolute atomic E-state index is 12.1. The van der Waals surface area contributed by atoms with E-state index < -0.39 is 23.2 Å². The molecule has 2 heterocycles. The van der Waals surface area contributed by atoms with Gasteiger partial charge < -0.3 is 25.2 Å². The molecule has 0 radical (unpaired) electrons. The van der Waals surface area contributed by atoms with Gasteiger partial charge in [0.25, 0.3) is 0 Å². The van der Waals surface area contributed by atoms with Gasteiger partial charge in [-0.2, -0.15) is 0 Å². The molecule has 2 bridgehead atoms. The summed E-state index contributed by atoms with van der Waals surface area (Å²) in [5, 5.41) is 42.8. The Morgan fingerprint density at radius 1 is 1.19 bits per heavy atom. The standard InChI is InChI=1S/C21H27NO5/c23-13-7-11(8-13)10-22-6-5-20-17-12-1-2-14(24)18(17)27-19(20)15(25)3-4-21(20,26)16(22)9-12/h1-2,11,13,15-16,19,23-26H,3-10H2/t11?,13?,15-,16+,19-,20-,21+/m0/s1. The van der Waals surface area contributed by atoms with E-state index >= 15 is 0 Å². The summed E-state index contributed by atoms with van der Waals surface area (Å²) in [6, 6.07) is 3.64. The van der Waals surface area contributed by atoms with Crippen LogP contribution in [-0.2, 0) is 11.8 Å². The Bertz CT molecular complexity index is 808. The molecular weight excluding hydrogens is 346 g/mol. The van der Waals surface area contributed by atoms with Gasteiger partial charge in [-0.25, -0.2) is 0 Å². The first kappa shape index (κ1) is 16.6. The smallest absolute Gasteiger partial charge is 0.165 e. The van der Waals surface area contributed by atoms with E-state index in [0.717, 1.165) is 49.9 Å². The number of phenols is 1. The van der Waals surface area contributed by atoms with Crippen LogP contribution in [0.1, 0.15) is 43.2 Å². The molecule has 1 aromatic carbocycles. The second kappa shape index (κ2) is 5.17. The fraction of sp³-hybridized carbons (Fsp3) is 0.714. The third-order valence-corrected chi connectivity index (χ3v) is 8.25. The molecule has 0 aromatic heterocycles. The lowest BCUT2D eigenvalue weighted by Crippen LogP contribution is -2.77.